The molecule has 6 heteroatoms. The number of nitrogens with zero attached hydrogens (tertiary/aromatic N) is 2. The molecule has 0 aliphatic heterocycles. The second-order valence-electron chi connectivity index (χ2n) is 4.35. The standard InChI is InChI=1S/C12H18N2O4/c1-5-18-11(16)12(2,3)10(15)8-14-7-9(17-4)6-13-14/h6-7H,5,8H2,1-4H3. The number of methoxy groups -OCH3 is 1. The van der Waals surface area contributed by atoms with E-state index in [1.165, 1.54) is 18.0 Å². The highest BCUT2D eigenvalue weighted by Gasteiger charge is 2.37. The smallest absolute Gasteiger partial charge is 0.319 e. The van der Waals surface area contributed by atoms with Crippen LogP contribution >= 0.6 is 0 Å². The molecule has 0 atom stereocenters. The maximum absolute atomic E-state index is 12.0. The van der Waals surface area contributed by atoms with E-state index in [2.05, 4.69) is 5.10 Å². The van der Waals surface area contributed by atoms with Gasteiger partial charge in [0.2, 0.25) is 0 Å². The summed E-state index contributed by atoms with van der Waals surface area (Å²) in [7, 11) is 1.52. The van der Waals surface area contributed by atoms with Gasteiger partial charge in [-0.1, -0.05) is 0 Å². The topological polar surface area (TPSA) is 70.4 Å². The normalized spacial score (nSPS) is 11.1. The van der Waals surface area contributed by atoms with Gasteiger partial charge in [-0.3, -0.25) is 14.3 Å². The van der Waals surface area contributed by atoms with Crippen molar-refractivity contribution in [1.82, 2.24) is 9.78 Å². The number of carbonyl (C=O) groups is 2. The predicted molar refractivity (Wildman–Crippen MR) is 64.2 cm³/mol. The average molecular weight is 254 g/mol. The second-order valence-corrected chi connectivity index (χ2v) is 4.35. The molecule has 0 spiro atoms. The van der Waals surface area contributed by atoms with E-state index in [1.54, 1.807) is 27.0 Å². The zero-order valence-electron chi connectivity index (χ0n) is 11.1. The van der Waals surface area contributed by atoms with E-state index in [-0.39, 0.29) is 18.9 Å². The number of aromatic nitrogens is 2. The summed E-state index contributed by atoms with van der Waals surface area (Å²) in [5, 5.41) is 3.96. The molecule has 1 rings (SSSR count). The van der Waals surface area contributed by atoms with Gasteiger partial charge < -0.3 is 9.47 Å². The third-order valence-corrected chi connectivity index (χ3v) is 2.63. The molecule has 1 aromatic rings. The molecule has 6 nitrogen and oxygen atoms in total. The summed E-state index contributed by atoms with van der Waals surface area (Å²) in [4.78, 5) is 23.7. The molecule has 0 amide bonds. The molecule has 0 aliphatic rings. The first-order valence-corrected chi connectivity index (χ1v) is 5.68. The van der Waals surface area contributed by atoms with Crippen molar-refractivity contribution < 1.29 is 19.1 Å². The van der Waals surface area contributed by atoms with E-state index >= 15 is 0 Å². The maximum Gasteiger partial charge on any atom is 0.319 e. The fourth-order valence-electron chi connectivity index (χ4n) is 1.31. The van der Waals surface area contributed by atoms with Crippen LogP contribution in [-0.2, 0) is 20.9 Å². The highest BCUT2D eigenvalue weighted by molar-refractivity contribution is 6.02. The van der Waals surface area contributed by atoms with Gasteiger partial charge >= 0.3 is 5.97 Å². The number of hydrogen-bond donors (Lipinski definition) is 0. The summed E-state index contributed by atoms with van der Waals surface area (Å²) in [5.74, 6) is -0.211. The number of ether oxygens (including phenoxy) is 2. The largest absolute Gasteiger partial charge is 0.493 e. The van der Waals surface area contributed by atoms with Gasteiger partial charge in [0.05, 0.1) is 26.1 Å². The molecule has 0 saturated heterocycles. The van der Waals surface area contributed by atoms with Crippen molar-refractivity contribution in [3.8, 4) is 5.75 Å². The molecule has 0 fully saturated rings. The van der Waals surface area contributed by atoms with Gasteiger partial charge in [-0.15, -0.1) is 0 Å². The van der Waals surface area contributed by atoms with Crippen molar-refractivity contribution in [2.24, 2.45) is 5.41 Å². The molecule has 18 heavy (non-hydrogen) atoms. The quantitative estimate of drug-likeness (QED) is 0.560. The Morgan fingerprint density at radius 1 is 1.44 bits per heavy atom. The maximum atomic E-state index is 12.0. The van der Waals surface area contributed by atoms with Gasteiger partial charge in [-0.05, 0) is 20.8 Å². The summed E-state index contributed by atoms with van der Waals surface area (Å²) in [6, 6.07) is 0. The number of rotatable bonds is 6. The van der Waals surface area contributed by atoms with Crippen LogP contribution in [0.4, 0.5) is 0 Å². The van der Waals surface area contributed by atoms with Crippen LogP contribution in [0.3, 0.4) is 0 Å². The van der Waals surface area contributed by atoms with Gasteiger partial charge in [0.25, 0.3) is 0 Å². The van der Waals surface area contributed by atoms with Crippen LogP contribution in [0.5, 0.6) is 5.75 Å². The Labute approximate surface area is 106 Å². The van der Waals surface area contributed by atoms with Crippen molar-refractivity contribution >= 4 is 11.8 Å². The Kier molecular flexibility index (Phi) is 4.47. The minimum atomic E-state index is -1.17. The number of carbonyl (C=O) groups excluding carboxylic acids is 2. The molecule has 0 bridgehead atoms. The molecule has 0 aliphatic carbocycles. The number of ketones is 1. The molecular weight excluding hydrogens is 236 g/mol. The lowest BCUT2D eigenvalue weighted by Crippen LogP contribution is -2.37. The number of esters is 1. The van der Waals surface area contributed by atoms with Crippen molar-refractivity contribution in [3.63, 3.8) is 0 Å². The molecule has 100 valence electrons. The first kappa shape index (κ1) is 14.2. The molecule has 0 unspecified atom stereocenters. The predicted octanol–water partition coefficient (Wildman–Crippen LogP) is 1.05. The van der Waals surface area contributed by atoms with E-state index in [1.807, 2.05) is 0 Å². The lowest BCUT2D eigenvalue weighted by molar-refractivity contribution is -0.158. The molecule has 0 radical (unpaired) electrons. The summed E-state index contributed by atoms with van der Waals surface area (Å²) in [5.41, 5.74) is -1.17. The number of hydrogen-bond acceptors (Lipinski definition) is 5. The first-order valence-electron chi connectivity index (χ1n) is 5.68. The monoisotopic (exact) mass is 254 g/mol. The minimum absolute atomic E-state index is 0.00910. The zero-order valence-corrected chi connectivity index (χ0v) is 11.1. The van der Waals surface area contributed by atoms with Gasteiger partial charge in [0.1, 0.15) is 12.0 Å². The molecule has 0 N–H and O–H groups in total. The zero-order chi connectivity index (χ0) is 13.8. The molecule has 1 heterocycles. The van der Waals surface area contributed by atoms with Crippen LogP contribution in [0.1, 0.15) is 20.8 Å². The Balaban J connectivity index is 2.72. The fourth-order valence-corrected chi connectivity index (χ4v) is 1.31. The summed E-state index contributed by atoms with van der Waals surface area (Å²) in [6.07, 6.45) is 3.10. The van der Waals surface area contributed by atoms with E-state index < -0.39 is 11.4 Å². The van der Waals surface area contributed by atoms with Crippen molar-refractivity contribution in [1.29, 1.82) is 0 Å². The van der Waals surface area contributed by atoms with E-state index in [0.29, 0.717) is 5.75 Å². The SMILES string of the molecule is CCOC(=O)C(C)(C)C(=O)Cn1cc(OC)cn1. The van der Waals surface area contributed by atoms with E-state index in [9.17, 15) is 9.59 Å². The van der Waals surface area contributed by atoms with Gasteiger partial charge in [0.15, 0.2) is 11.5 Å². The van der Waals surface area contributed by atoms with Crippen molar-refractivity contribution in [2.45, 2.75) is 27.3 Å². The second kappa shape index (κ2) is 5.66. The Morgan fingerprint density at radius 2 is 2.11 bits per heavy atom. The van der Waals surface area contributed by atoms with E-state index in [0.717, 1.165) is 0 Å². The van der Waals surface area contributed by atoms with Crippen LogP contribution < -0.4 is 4.74 Å². The molecule has 1 aromatic heterocycles. The van der Waals surface area contributed by atoms with Crippen LogP contribution in [0.2, 0.25) is 0 Å². The van der Waals surface area contributed by atoms with Crippen LogP contribution in [0.25, 0.3) is 0 Å². The summed E-state index contributed by atoms with van der Waals surface area (Å²) in [6.45, 7) is 5.07. The van der Waals surface area contributed by atoms with Gasteiger partial charge in [0, 0.05) is 0 Å². The van der Waals surface area contributed by atoms with Crippen LogP contribution in [0, 0.1) is 5.41 Å². The molecule has 0 saturated carbocycles. The third-order valence-electron chi connectivity index (χ3n) is 2.63. The Morgan fingerprint density at radius 3 is 2.61 bits per heavy atom. The fraction of sp³-hybridized carbons (Fsp3) is 0.583. The molecular formula is C12H18N2O4. The third kappa shape index (κ3) is 3.09. The highest BCUT2D eigenvalue weighted by atomic mass is 16.5. The first-order chi connectivity index (χ1) is 8.41. The minimum Gasteiger partial charge on any atom is -0.493 e. The average Bonchev–Trinajstić information content (AvgIpc) is 2.77. The van der Waals surface area contributed by atoms with Gasteiger partial charge in [-0.25, -0.2) is 0 Å². The van der Waals surface area contributed by atoms with Crippen molar-refractivity contribution in [2.75, 3.05) is 13.7 Å². The van der Waals surface area contributed by atoms with Crippen molar-refractivity contribution in [3.05, 3.63) is 12.4 Å². The Bertz CT molecular complexity index is 437. The number of Topliss-reactive ketones (excluding diaryl/α,β-unsaturated/α-hetero) is 1. The van der Waals surface area contributed by atoms with Crippen LogP contribution in [-0.4, -0.2) is 35.2 Å². The summed E-state index contributed by atoms with van der Waals surface area (Å²) < 4.78 is 11.3. The lowest BCUT2D eigenvalue weighted by atomic mass is 9.88. The molecule has 0 aromatic carbocycles. The Hall–Kier alpha value is -1.85. The van der Waals surface area contributed by atoms with Crippen LogP contribution in [0.15, 0.2) is 12.4 Å². The van der Waals surface area contributed by atoms with Gasteiger partial charge in [-0.2, -0.15) is 5.10 Å². The van der Waals surface area contributed by atoms with E-state index in [4.69, 9.17) is 9.47 Å². The summed E-state index contributed by atoms with van der Waals surface area (Å²) >= 11 is 0. The highest BCUT2D eigenvalue weighted by Crippen LogP contribution is 2.20. The lowest BCUT2D eigenvalue weighted by Gasteiger charge is -2.20.